The van der Waals surface area contributed by atoms with Crippen molar-refractivity contribution in [3.05, 3.63) is 30.1 Å². The highest BCUT2D eigenvalue weighted by molar-refractivity contribution is 6.12. The van der Waals surface area contributed by atoms with E-state index in [1.54, 1.807) is 6.20 Å². The van der Waals surface area contributed by atoms with Crippen LogP contribution in [0.2, 0.25) is 0 Å². The number of ether oxygens (including phenoxy) is 1. The summed E-state index contributed by atoms with van der Waals surface area (Å²) in [7, 11) is 1.32. The van der Waals surface area contributed by atoms with Crippen LogP contribution in [0.3, 0.4) is 0 Å². The van der Waals surface area contributed by atoms with Crippen molar-refractivity contribution in [2.45, 2.75) is 44.1 Å². The smallest absolute Gasteiger partial charge is 0.407 e. The van der Waals surface area contributed by atoms with E-state index in [0.717, 1.165) is 5.69 Å². The molecule has 0 bridgehead atoms. The van der Waals surface area contributed by atoms with Gasteiger partial charge in [0.2, 0.25) is 0 Å². The molecule has 2 fully saturated rings. The Morgan fingerprint density at radius 2 is 1.78 bits per heavy atom. The molecule has 1 aromatic heterocycles. The SMILES string of the molecule is COC(=O)NC1(c2ccccn2)CCC2(CC1)C(=O)CCC2=O. The highest BCUT2D eigenvalue weighted by atomic mass is 16.5. The zero-order valence-electron chi connectivity index (χ0n) is 13.1. The van der Waals surface area contributed by atoms with Crippen LogP contribution >= 0.6 is 0 Å². The van der Waals surface area contributed by atoms with E-state index in [1.807, 2.05) is 18.2 Å². The Kier molecular flexibility index (Phi) is 3.92. The maximum Gasteiger partial charge on any atom is 0.407 e. The van der Waals surface area contributed by atoms with Gasteiger partial charge in [-0.3, -0.25) is 14.6 Å². The van der Waals surface area contributed by atoms with Crippen LogP contribution < -0.4 is 5.32 Å². The summed E-state index contributed by atoms with van der Waals surface area (Å²) in [5, 5.41) is 2.89. The summed E-state index contributed by atoms with van der Waals surface area (Å²) < 4.78 is 4.75. The number of ketones is 2. The molecule has 6 nitrogen and oxygen atoms in total. The Labute approximate surface area is 134 Å². The largest absolute Gasteiger partial charge is 0.453 e. The second-order valence-corrected chi connectivity index (χ2v) is 6.34. The molecule has 0 unspecified atom stereocenters. The van der Waals surface area contributed by atoms with Crippen LogP contribution in [0.5, 0.6) is 0 Å². The van der Waals surface area contributed by atoms with Gasteiger partial charge in [0.05, 0.1) is 23.8 Å². The van der Waals surface area contributed by atoms with Crippen molar-refractivity contribution in [2.75, 3.05) is 7.11 Å². The molecular weight excluding hydrogens is 296 g/mol. The number of nitrogens with one attached hydrogen (secondary N) is 1. The van der Waals surface area contributed by atoms with Crippen molar-refractivity contribution < 1.29 is 19.1 Å². The van der Waals surface area contributed by atoms with Crippen molar-refractivity contribution in [3.63, 3.8) is 0 Å². The van der Waals surface area contributed by atoms with Crippen LogP contribution in [0.25, 0.3) is 0 Å². The summed E-state index contributed by atoms with van der Waals surface area (Å²) in [5.41, 5.74) is -0.795. The molecule has 1 aromatic rings. The molecule has 3 rings (SSSR count). The lowest BCUT2D eigenvalue weighted by atomic mass is 9.64. The average Bonchev–Trinajstić information content (AvgIpc) is 2.86. The first-order chi connectivity index (χ1) is 11.0. The molecule has 2 aliphatic rings. The van der Waals surface area contributed by atoms with Gasteiger partial charge in [0, 0.05) is 19.0 Å². The Hall–Kier alpha value is -2.24. The van der Waals surface area contributed by atoms with E-state index in [4.69, 9.17) is 4.74 Å². The predicted molar refractivity (Wildman–Crippen MR) is 81.6 cm³/mol. The number of nitrogens with zero attached hydrogens (tertiary/aromatic N) is 1. The Morgan fingerprint density at radius 1 is 1.13 bits per heavy atom. The van der Waals surface area contributed by atoms with E-state index in [2.05, 4.69) is 10.3 Å². The van der Waals surface area contributed by atoms with Crippen LogP contribution in [0.15, 0.2) is 24.4 Å². The molecule has 1 amide bonds. The van der Waals surface area contributed by atoms with Gasteiger partial charge in [-0.05, 0) is 37.8 Å². The number of aromatic nitrogens is 1. The van der Waals surface area contributed by atoms with Gasteiger partial charge in [0.25, 0.3) is 0 Å². The zero-order chi connectivity index (χ0) is 16.5. The van der Waals surface area contributed by atoms with Gasteiger partial charge in [-0.15, -0.1) is 0 Å². The second-order valence-electron chi connectivity index (χ2n) is 6.34. The van der Waals surface area contributed by atoms with Crippen LogP contribution in [0.4, 0.5) is 4.79 Å². The number of carbonyl (C=O) groups excluding carboxylic acids is 3. The summed E-state index contributed by atoms with van der Waals surface area (Å²) in [5.74, 6) is 0.102. The van der Waals surface area contributed by atoms with Gasteiger partial charge in [-0.2, -0.15) is 0 Å². The number of methoxy groups -OCH3 is 1. The molecule has 0 radical (unpaired) electrons. The lowest BCUT2D eigenvalue weighted by Crippen LogP contribution is -2.52. The molecule has 1 heterocycles. The van der Waals surface area contributed by atoms with Crippen LogP contribution in [0.1, 0.15) is 44.2 Å². The van der Waals surface area contributed by atoms with Gasteiger partial charge in [-0.1, -0.05) is 6.07 Å². The first-order valence-electron chi connectivity index (χ1n) is 7.87. The summed E-state index contributed by atoms with van der Waals surface area (Å²) >= 11 is 0. The third-order valence-corrected chi connectivity index (χ3v) is 5.29. The molecule has 122 valence electrons. The number of pyridine rings is 1. The number of hydrogen-bond donors (Lipinski definition) is 1. The molecule has 0 aliphatic heterocycles. The summed E-state index contributed by atoms with van der Waals surface area (Å²) in [6.45, 7) is 0. The standard InChI is InChI=1S/C17H20N2O4/c1-23-15(22)19-17(12-4-2-3-11-18-12)9-7-16(8-10-17)13(20)5-6-14(16)21/h2-4,11H,5-10H2,1H3,(H,19,22). The lowest BCUT2D eigenvalue weighted by Gasteiger charge is -2.43. The predicted octanol–water partition coefficient (Wildman–Crippen LogP) is 2.13. The van der Waals surface area contributed by atoms with Gasteiger partial charge < -0.3 is 10.1 Å². The summed E-state index contributed by atoms with van der Waals surface area (Å²) in [6.07, 6.45) is 3.73. The fraction of sp³-hybridized carbons (Fsp3) is 0.529. The van der Waals surface area contributed by atoms with E-state index in [1.165, 1.54) is 7.11 Å². The number of carbonyl (C=O) groups is 3. The van der Waals surface area contributed by atoms with E-state index >= 15 is 0 Å². The van der Waals surface area contributed by atoms with Crippen molar-refractivity contribution in [1.29, 1.82) is 0 Å². The minimum absolute atomic E-state index is 0.0511. The minimum Gasteiger partial charge on any atom is -0.453 e. The van der Waals surface area contributed by atoms with Crippen molar-refractivity contribution >= 4 is 17.7 Å². The molecule has 1 spiro atoms. The number of rotatable bonds is 2. The Balaban J connectivity index is 1.90. The van der Waals surface area contributed by atoms with Crippen molar-refractivity contribution in [1.82, 2.24) is 10.3 Å². The minimum atomic E-state index is -0.837. The van der Waals surface area contributed by atoms with Gasteiger partial charge in [0.15, 0.2) is 0 Å². The number of alkyl carbamates (subject to hydrolysis) is 1. The zero-order valence-corrected chi connectivity index (χ0v) is 13.1. The maximum absolute atomic E-state index is 12.2. The van der Waals surface area contributed by atoms with Gasteiger partial charge >= 0.3 is 6.09 Å². The maximum atomic E-state index is 12.2. The first kappa shape index (κ1) is 15.6. The molecule has 2 saturated carbocycles. The molecule has 23 heavy (non-hydrogen) atoms. The van der Waals surface area contributed by atoms with Gasteiger partial charge in [0.1, 0.15) is 11.6 Å². The van der Waals surface area contributed by atoms with E-state index in [-0.39, 0.29) is 11.6 Å². The highest BCUT2D eigenvalue weighted by Gasteiger charge is 2.54. The number of amides is 1. The summed E-state index contributed by atoms with van der Waals surface area (Å²) in [6, 6.07) is 5.52. The third-order valence-electron chi connectivity index (χ3n) is 5.29. The quantitative estimate of drug-likeness (QED) is 0.845. The van der Waals surface area contributed by atoms with Gasteiger partial charge in [-0.25, -0.2) is 4.79 Å². The van der Waals surface area contributed by atoms with E-state index in [9.17, 15) is 14.4 Å². The molecule has 0 saturated heterocycles. The van der Waals surface area contributed by atoms with Crippen LogP contribution in [-0.2, 0) is 19.9 Å². The Bertz CT molecular complexity index is 615. The van der Waals surface area contributed by atoms with Crippen LogP contribution in [0, 0.1) is 5.41 Å². The number of hydrogen-bond acceptors (Lipinski definition) is 5. The monoisotopic (exact) mass is 316 g/mol. The Morgan fingerprint density at radius 3 is 2.30 bits per heavy atom. The van der Waals surface area contributed by atoms with E-state index < -0.39 is 17.0 Å². The molecular formula is C17H20N2O4. The summed E-state index contributed by atoms with van der Waals surface area (Å²) in [4.78, 5) is 40.7. The van der Waals surface area contributed by atoms with Crippen molar-refractivity contribution in [2.24, 2.45) is 5.41 Å². The van der Waals surface area contributed by atoms with E-state index in [0.29, 0.717) is 38.5 Å². The molecule has 6 heteroatoms. The van der Waals surface area contributed by atoms with Crippen molar-refractivity contribution in [3.8, 4) is 0 Å². The highest BCUT2D eigenvalue weighted by Crippen LogP contribution is 2.49. The fourth-order valence-electron chi connectivity index (χ4n) is 3.86. The lowest BCUT2D eigenvalue weighted by molar-refractivity contribution is -0.138. The average molecular weight is 316 g/mol. The fourth-order valence-corrected chi connectivity index (χ4v) is 3.86. The van der Waals surface area contributed by atoms with Crippen LogP contribution in [-0.4, -0.2) is 29.8 Å². The second kappa shape index (κ2) is 5.76. The molecule has 0 aromatic carbocycles. The molecule has 0 atom stereocenters. The number of Topliss-reactive ketones (excluding diaryl/α,β-unsaturated/α-hetero) is 2. The molecule has 2 aliphatic carbocycles. The molecule has 1 N–H and O–H groups in total. The third kappa shape index (κ3) is 2.52. The normalized spacial score (nSPS) is 22.1. The first-order valence-corrected chi connectivity index (χ1v) is 7.87. The topological polar surface area (TPSA) is 85.4 Å².